The average molecular weight is 447 g/mol. The van der Waals surface area contributed by atoms with Crippen LogP contribution < -0.4 is 14.8 Å². The molecular formula is C25H26N4O4. The lowest BCUT2D eigenvalue weighted by atomic mass is 10.1. The summed E-state index contributed by atoms with van der Waals surface area (Å²) in [5.41, 5.74) is 1.81. The predicted octanol–water partition coefficient (Wildman–Crippen LogP) is 3.93. The number of rotatable bonds is 9. The summed E-state index contributed by atoms with van der Waals surface area (Å²) in [4.78, 5) is 21.6. The van der Waals surface area contributed by atoms with Crippen LogP contribution in [-0.4, -0.2) is 34.7 Å². The quantitative estimate of drug-likeness (QED) is 0.419. The van der Waals surface area contributed by atoms with Crippen molar-refractivity contribution in [2.24, 2.45) is 7.05 Å². The fourth-order valence-electron chi connectivity index (χ4n) is 3.52. The number of methoxy groups -OCH3 is 2. The van der Waals surface area contributed by atoms with E-state index in [2.05, 4.69) is 15.3 Å². The molecule has 0 aliphatic carbocycles. The van der Waals surface area contributed by atoms with Crippen molar-refractivity contribution in [2.45, 2.75) is 18.9 Å². The van der Waals surface area contributed by atoms with Crippen LogP contribution in [0.5, 0.6) is 11.5 Å². The molecule has 4 aromatic rings. The van der Waals surface area contributed by atoms with E-state index in [-0.39, 0.29) is 18.4 Å². The molecule has 0 aliphatic heterocycles. The van der Waals surface area contributed by atoms with Crippen LogP contribution in [0.15, 0.2) is 71.5 Å². The van der Waals surface area contributed by atoms with Crippen molar-refractivity contribution in [2.75, 3.05) is 14.2 Å². The number of amides is 1. The molecule has 8 heteroatoms. The van der Waals surface area contributed by atoms with Gasteiger partial charge in [-0.05, 0) is 42.0 Å². The van der Waals surface area contributed by atoms with E-state index in [0.717, 1.165) is 28.5 Å². The van der Waals surface area contributed by atoms with Crippen molar-refractivity contribution in [1.29, 1.82) is 0 Å². The maximum absolute atomic E-state index is 12.8. The van der Waals surface area contributed by atoms with Crippen LogP contribution in [0.3, 0.4) is 0 Å². The van der Waals surface area contributed by atoms with Gasteiger partial charge in [0.1, 0.15) is 23.4 Å². The first kappa shape index (κ1) is 22.1. The third-order valence-electron chi connectivity index (χ3n) is 5.37. The topological polar surface area (TPSA) is 91.4 Å². The highest BCUT2D eigenvalue weighted by molar-refractivity contribution is 5.77. The number of carbonyl (C=O) groups excluding carboxylic acids is 1. The molecule has 0 radical (unpaired) electrons. The lowest BCUT2D eigenvalue weighted by Gasteiger charge is -2.19. The minimum atomic E-state index is -0.386. The van der Waals surface area contributed by atoms with E-state index in [1.54, 1.807) is 26.6 Å². The summed E-state index contributed by atoms with van der Waals surface area (Å²) >= 11 is 0. The molecule has 0 aliphatic rings. The van der Waals surface area contributed by atoms with Crippen LogP contribution in [0.4, 0.5) is 0 Å². The Morgan fingerprint density at radius 1 is 1.03 bits per heavy atom. The molecule has 1 atom stereocenters. The third-order valence-corrected chi connectivity index (χ3v) is 5.37. The van der Waals surface area contributed by atoms with Gasteiger partial charge < -0.3 is 23.8 Å². The first-order chi connectivity index (χ1) is 16.1. The van der Waals surface area contributed by atoms with E-state index in [4.69, 9.17) is 13.9 Å². The summed E-state index contributed by atoms with van der Waals surface area (Å²) in [7, 11) is 5.15. The van der Waals surface area contributed by atoms with Gasteiger partial charge in [-0.15, -0.1) is 0 Å². The summed E-state index contributed by atoms with van der Waals surface area (Å²) < 4.78 is 18.2. The standard InChI is InChI=1S/C25H26N4O4/c1-29-15-14-26-25(29)24(18-6-10-20(32-3)11-7-18)28-22(30)12-13-23-27-16-21(33-23)17-4-8-19(31-2)9-5-17/h4-11,14-16,24H,12-13H2,1-3H3,(H,28,30). The highest BCUT2D eigenvalue weighted by Crippen LogP contribution is 2.25. The molecule has 0 fully saturated rings. The molecule has 0 spiro atoms. The number of nitrogens with one attached hydrogen (secondary N) is 1. The zero-order valence-electron chi connectivity index (χ0n) is 18.8. The molecule has 4 rings (SSSR count). The first-order valence-corrected chi connectivity index (χ1v) is 10.6. The average Bonchev–Trinajstić information content (AvgIpc) is 3.50. The van der Waals surface area contributed by atoms with Crippen LogP contribution in [0, 0.1) is 0 Å². The molecule has 2 aromatic carbocycles. The number of oxazole rings is 1. The van der Waals surface area contributed by atoms with E-state index in [0.29, 0.717) is 18.1 Å². The highest BCUT2D eigenvalue weighted by atomic mass is 16.5. The molecule has 0 saturated carbocycles. The molecule has 1 amide bonds. The summed E-state index contributed by atoms with van der Waals surface area (Å²) in [6.07, 6.45) is 5.86. The number of carbonyl (C=O) groups is 1. The molecule has 1 unspecified atom stereocenters. The summed E-state index contributed by atoms with van der Waals surface area (Å²) in [6.45, 7) is 0. The Bertz CT molecular complexity index is 1200. The number of aromatic nitrogens is 3. The molecule has 33 heavy (non-hydrogen) atoms. The number of benzene rings is 2. The lowest BCUT2D eigenvalue weighted by molar-refractivity contribution is -0.121. The maximum atomic E-state index is 12.8. The molecular weight excluding hydrogens is 420 g/mol. The van der Waals surface area contributed by atoms with Gasteiger partial charge in [0.25, 0.3) is 0 Å². The van der Waals surface area contributed by atoms with E-state index >= 15 is 0 Å². The van der Waals surface area contributed by atoms with Crippen molar-refractivity contribution in [3.05, 3.63) is 84.4 Å². The fourth-order valence-corrected chi connectivity index (χ4v) is 3.52. The van der Waals surface area contributed by atoms with Crippen LogP contribution in [0.1, 0.15) is 29.7 Å². The molecule has 0 saturated heterocycles. The van der Waals surface area contributed by atoms with E-state index in [9.17, 15) is 4.79 Å². The maximum Gasteiger partial charge on any atom is 0.221 e. The van der Waals surface area contributed by atoms with Crippen LogP contribution in [0.2, 0.25) is 0 Å². The highest BCUT2D eigenvalue weighted by Gasteiger charge is 2.21. The molecule has 0 bridgehead atoms. The first-order valence-electron chi connectivity index (χ1n) is 10.6. The number of imidazole rings is 1. The Hall–Kier alpha value is -4.07. The monoisotopic (exact) mass is 446 g/mol. The second-order valence-corrected chi connectivity index (χ2v) is 7.52. The molecule has 2 heterocycles. The normalized spacial score (nSPS) is 11.7. The Morgan fingerprint density at radius 3 is 2.30 bits per heavy atom. The van der Waals surface area contributed by atoms with Gasteiger partial charge in [-0.1, -0.05) is 12.1 Å². The number of nitrogens with zero attached hydrogens (tertiary/aromatic N) is 3. The van der Waals surface area contributed by atoms with Crippen molar-refractivity contribution >= 4 is 5.91 Å². The van der Waals surface area contributed by atoms with Crippen molar-refractivity contribution < 1.29 is 18.7 Å². The fraction of sp³-hybridized carbons (Fsp3) is 0.240. The zero-order chi connectivity index (χ0) is 23.2. The molecule has 2 aromatic heterocycles. The largest absolute Gasteiger partial charge is 0.497 e. The Balaban J connectivity index is 1.42. The minimum Gasteiger partial charge on any atom is -0.497 e. The van der Waals surface area contributed by atoms with Crippen molar-refractivity contribution in [3.8, 4) is 22.8 Å². The van der Waals surface area contributed by atoms with E-state index < -0.39 is 0 Å². The van der Waals surface area contributed by atoms with Gasteiger partial charge in [0.15, 0.2) is 11.7 Å². The SMILES string of the molecule is COc1ccc(-c2cnc(CCC(=O)NC(c3ccc(OC)cc3)c3nccn3C)o2)cc1. The van der Waals surface area contributed by atoms with Gasteiger partial charge in [0.05, 0.1) is 20.4 Å². The zero-order valence-corrected chi connectivity index (χ0v) is 18.8. The van der Waals surface area contributed by atoms with Crippen LogP contribution in [-0.2, 0) is 18.3 Å². The van der Waals surface area contributed by atoms with Crippen LogP contribution >= 0.6 is 0 Å². The summed E-state index contributed by atoms with van der Waals surface area (Å²) in [5.74, 6) is 3.30. The van der Waals surface area contributed by atoms with Gasteiger partial charge in [-0.25, -0.2) is 9.97 Å². The summed E-state index contributed by atoms with van der Waals surface area (Å²) in [5, 5.41) is 3.09. The molecule has 170 valence electrons. The predicted molar refractivity (Wildman–Crippen MR) is 123 cm³/mol. The van der Waals surface area contributed by atoms with Gasteiger partial charge in [0.2, 0.25) is 5.91 Å². The van der Waals surface area contributed by atoms with Gasteiger partial charge in [0, 0.05) is 37.8 Å². The van der Waals surface area contributed by atoms with Gasteiger partial charge in [-0.2, -0.15) is 0 Å². The number of aryl methyl sites for hydroxylation is 2. The second-order valence-electron chi connectivity index (χ2n) is 7.52. The molecule has 8 nitrogen and oxygen atoms in total. The number of hydrogen-bond donors (Lipinski definition) is 1. The van der Waals surface area contributed by atoms with E-state index in [1.807, 2.05) is 66.3 Å². The summed E-state index contributed by atoms with van der Waals surface area (Å²) in [6, 6.07) is 14.7. The number of ether oxygens (including phenoxy) is 2. The van der Waals surface area contributed by atoms with Crippen molar-refractivity contribution in [1.82, 2.24) is 19.9 Å². The smallest absolute Gasteiger partial charge is 0.221 e. The van der Waals surface area contributed by atoms with Gasteiger partial charge >= 0.3 is 0 Å². The second kappa shape index (κ2) is 10.0. The van der Waals surface area contributed by atoms with Gasteiger partial charge in [-0.3, -0.25) is 4.79 Å². The number of hydrogen-bond acceptors (Lipinski definition) is 6. The van der Waals surface area contributed by atoms with E-state index in [1.165, 1.54) is 0 Å². The third kappa shape index (κ3) is 5.23. The Morgan fingerprint density at radius 2 is 1.70 bits per heavy atom. The van der Waals surface area contributed by atoms with Crippen LogP contribution in [0.25, 0.3) is 11.3 Å². The lowest BCUT2D eigenvalue weighted by Crippen LogP contribution is -2.31. The Kier molecular flexibility index (Phi) is 6.73. The molecule has 1 N–H and O–H groups in total. The van der Waals surface area contributed by atoms with Crippen molar-refractivity contribution in [3.63, 3.8) is 0 Å². The Labute approximate surface area is 192 Å². The minimum absolute atomic E-state index is 0.122.